The van der Waals surface area contributed by atoms with Gasteiger partial charge >= 0.3 is 0 Å². The van der Waals surface area contributed by atoms with Crippen LogP contribution in [0.3, 0.4) is 0 Å². The third-order valence-corrected chi connectivity index (χ3v) is 7.80. The Hall–Kier alpha value is -3.20. The van der Waals surface area contributed by atoms with Crippen LogP contribution in [0, 0.1) is 18.3 Å². The molecule has 1 atom stereocenters. The van der Waals surface area contributed by atoms with Crippen LogP contribution in [0.1, 0.15) is 16.7 Å². The van der Waals surface area contributed by atoms with E-state index < -0.39 is 10.8 Å². The van der Waals surface area contributed by atoms with Crippen molar-refractivity contribution in [3.8, 4) is 28.5 Å². The zero-order chi connectivity index (χ0) is 23.0. The SMILES string of the molecule is Cc1ccc(-c2cc(-c3ccccc3)c(C#N)c(SCC[S@](=O)Cc3ccccc3)n2)cc1. The van der Waals surface area contributed by atoms with Gasteiger partial charge in [-0.1, -0.05) is 90.5 Å². The Balaban J connectivity index is 1.61. The minimum Gasteiger partial charge on any atom is -0.259 e. The van der Waals surface area contributed by atoms with Crippen molar-refractivity contribution in [3.05, 3.63) is 108 Å². The van der Waals surface area contributed by atoms with Crippen molar-refractivity contribution in [2.45, 2.75) is 17.7 Å². The number of pyridine rings is 1. The summed E-state index contributed by atoms with van der Waals surface area (Å²) in [5.74, 6) is 1.72. The van der Waals surface area contributed by atoms with Gasteiger partial charge in [0.1, 0.15) is 11.1 Å². The second-order valence-electron chi connectivity index (χ2n) is 7.70. The summed E-state index contributed by atoms with van der Waals surface area (Å²) < 4.78 is 12.6. The van der Waals surface area contributed by atoms with Crippen LogP contribution in [0.15, 0.2) is 96.0 Å². The van der Waals surface area contributed by atoms with Crippen molar-refractivity contribution in [2.75, 3.05) is 11.5 Å². The Morgan fingerprint density at radius 1 is 0.909 bits per heavy atom. The molecule has 1 heterocycles. The van der Waals surface area contributed by atoms with Gasteiger partial charge in [-0.3, -0.25) is 4.21 Å². The first-order chi connectivity index (χ1) is 16.1. The number of nitriles is 1. The molecule has 3 nitrogen and oxygen atoms in total. The molecule has 0 radical (unpaired) electrons. The highest BCUT2D eigenvalue weighted by Gasteiger charge is 2.16. The molecule has 0 spiro atoms. The molecular weight excluding hydrogens is 444 g/mol. The maximum absolute atomic E-state index is 12.6. The van der Waals surface area contributed by atoms with Gasteiger partial charge in [0.15, 0.2) is 0 Å². The fourth-order valence-corrected chi connectivity index (χ4v) is 5.96. The molecule has 0 unspecified atom stereocenters. The topological polar surface area (TPSA) is 53.8 Å². The summed E-state index contributed by atoms with van der Waals surface area (Å²) in [6.45, 7) is 2.06. The summed E-state index contributed by atoms with van der Waals surface area (Å²) in [5, 5.41) is 10.7. The smallest absolute Gasteiger partial charge is 0.115 e. The Morgan fingerprint density at radius 2 is 1.58 bits per heavy atom. The highest BCUT2D eigenvalue weighted by Crippen LogP contribution is 2.34. The molecule has 0 bridgehead atoms. The number of thioether (sulfide) groups is 1. The van der Waals surface area contributed by atoms with E-state index in [9.17, 15) is 9.47 Å². The summed E-state index contributed by atoms with van der Waals surface area (Å²) in [6, 6.07) is 32.4. The molecule has 3 aromatic carbocycles. The summed E-state index contributed by atoms with van der Waals surface area (Å²) >= 11 is 1.50. The molecule has 0 N–H and O–H groups in total. The number of benzene rings is 3. The Morgan fingerprint density at radius 3 is 2.24 bits per heavy atom. The molecular formula is C28H24N2OS2. The van der Waals surface area contributed by atoms with Gasteiger partial charge in [-0.05, 0) is 24.1 Å². The minimum absolute atomic E-state index is 0.540. The quantitative estimate of drug-likeness (QED) is 0.272. The van der Waals surface area contributed by atoms with Gasteiger partial charge in [0, 0.05) is 39.2 Å². The Kier molecular flexibility index (Phi) is 7.72. The maximum Gasteiger partial charge on any atom is 0.115 e. The highest BCUT2D eigenvalue weighted by molar-refractivity contribution is 8.00. The first-order valence-electron chi connectivity index (χ1n) is 10.7. The number of nitrogens with zero attached hydrogens (tertiary/aromatic N) is 2. The summed E-state index contributed by atoms with van der Waals surface area (Å²) in [5.41, 5.74) is 6.53. The molecule has 5 heteroatoms. The molecule has 0 aliphatic rings. The largest absolute Gasteiger partial charge is 0.259 e. The lowest BCUT2D eigenvalue weighted by Crippen LogP contribution is -2.04. The van der Waals surface area contributed by atoms with Gasteiger partial charge in [-0.2, -0.15) is 5.26 Å². The van der Waals surface area contributed by atoms with Crippen LogP contribution < -0.4 is 0 Å². The standard InChI is InChI=1S/C28H24N2OS2/c1-21-12-14-24(15-13-21)27-18-25(23-10-6-3-7-11-23)26(19-29)28(30-27)32-16-17-33(31)20-22-8-4-2-5-9-22/h2-15,18H,16-17,20H2,1H3/t33-/m0/s1. The van der Waals surface area contributed by atoms with Crippen LogP contribution in [0.5, 0.6) is 0 Å². The lowest BCUT2D eigenvalue weighted by molar-refractivity contribution is 0.683. The van der Waals surface area contributed by atoms with Gasteiger partial charge in [0.25, 0.3) is 0 Å². The molecule has 4 rings (SSSR count). The van der Waals surface area contributed by atoms with Crippen molar-refractivity contribution in [1.82, 2.24) is 4.98 Å². The predicted octanol–water partition coefficient (Wildman–Crippen LogP) is 6.64. The van der Waals surface area contributed by atoms with Crippen molar-refractivity contribution in [2.24, 2.45) is 0 Å². The Labute approximate surface area is 202 Å². The molecule has 0 aliphatic heterocycles. The highest BCUT2D eigenvalue weighted by atomic mass is 32.2. The van der Waals surface area contributed by atoms with Gasteiger partial charge in [0.2, 0.25) is 0 Å². The first kappa shape index (κ1) is 23.0. The number of aryl methyl sites for hydroxylation is 1. The van der Waals surface area contributed by atoms with E-state index in [2.05, 4.69) is 37.3 Å². The van der Waals surface area contributed by atoms with Gasteiger partial charge in [-0.25, -0.2) is 4.98 Å². The van der Waals surface area contributed by atoms with E-state index >= 15 is 0 Å². The van der Waals surface area contributed by atoms with Crippen molar-refractivity contribution in [1.29, 1.82) is 5.26 Å². The van der Waals surface area contributed by atoms with E-state index in [1.54, 1.807) is 0 Å². The zero-order valence-corrected chi connectivity index (χ0v) is 20.0. The van der Waals surface area contributed by atoms with E-state index in [0.29, 0.717) is 27.8 Å². The van der Waals surface area contributed by atoms with E-state index in [1.165, 1.54) is 17.3 Å². The molecule has 0 saturated heterocycles. The normalized spacial score (nSPS) is 11.6. The third-order valence-electron chi connectivity index (χ3n) is 5.25. The average molecular weight is 469 g/mol. The van der Waals surface area contributed by atoms with E-state index in [4.69, 9.17) is 4.98 Å². The number of rotatable bonds is 8. The second-order valence-corrected chi connectivity index (χ2v) is 10.4. The molecule has 0 saturated carbocycles. The molecule has 164 valence electrons. The van der Waals surface area contributed by atoms with Crippen LogP contribution in [0.4, 0.5) is 0 Å². The van der Waals surface area contributed by atoms with Crippen LogP contribution in [-0.4, -0.2) is 20.7 Å². The van der Waals surface area contributed by atoms with Crippen LogP contribution >= 0.6 is 11.8 Å². The first-order valence-corrected chi connectivity index (χ1v) is 13.2. The fraction of sp³-hybridized carbons (Fsp3) is 0.143. The van der Waals surface area contributed by atoms with Crippen molar-refractivity contribution < 1.29 is 4.21 Å². The summed E-state index contributed by atoms with van der Waals surface area (Å²) in [4.78, 5) is 4.85. The number of aromatic nitrogens is 1. The van der Waals surface area contributed by atoms with Gasteiger partial charge in [0.05, 0.1) is 11.3 Å². The lowest BCUT2D eigenvalue weighted by Gasteiger charge is -2.13. The number of hydrogen-bond donors (Lipinski definition) is 0. The lowest BCUT2D eigenvalue weighted by atomic mass is 9.99. The second kappa shape index (κ2) is 11.1. The van der Waals surface area contributed by atoms with E-state index in [0.717, 1.165) is 27.9 Å². The molecule has 0 amide bonds. The number of hydrogen-bond acceptors (Lipinski definition) is 4. The van der Waals surface area contributed by atoms with Crippen LogP contribution in [-0.2, 0) is 16.6 Å². The monoisotopic (exact) mass is 468 g/mol. The van der Waals surface area contributed by atoms with Gasteiger partial charge in [-0.15, -0.1) is 11.8 Å². The van der Waals surface area contributed by atoms with Crippen LogP contribution in [0.2, 0.25) is 0 Å². The zero-order valence-electron chi connectivity index (χ0n) is 18.4. The van der Waals surface area contributed by atoms with Crippen LogP contribution in [0.25, 0.3) is 22.4 Å². The molecule has 0 fully saturated rings. The minimum atomic E-state index is -0.970. The Bertz CT molecular complexity index is 1280. The third kappa shape index (κ3) is 5.98. The van der Waals surface area contributed by atoms with Crippen molar-refractivity contribution >= 4 is 22.6 Å². The summed E-state index contributed by atoms with van der Waals surface area (Å²) in [7, 11) is -0.970. The van der Waals surface area contributed by atoms with E-state index in [1.807, 2.05) is 66.7 Å². The fourth-order valence-electron chi connectivity index (χ4n) is 3.52. The molecule has 1 aromatic heterocycles. The van der Waals surface area contributed by atoms with Gasteiger partial charge < -0.3 is 0 Å². The van der Waals surface area contributed by atoms with E-state index in [-0.39, 0.29) is 0 Å². The molecule has 4 aromatic rings. The van der Waals surface area contributed by atoms with Crippen molar-refractivity contribution in [3.63, 3.8) is 0 Å². The summed E-state index contributed by atoms with van der Waals surface area (Å²) in [6.07, 6.45) is 0. The average Bonchev–Trinajstić information content (AvgIpc) is 2.85. The molecule has 0 aliphatic carbocycles. The maximum atomic E-state index is 12.6. The predicted molar refractivity (Wildman–Crippen MR) is 138 cm³/mol. The molecule has 33 heavy (non-hydrogen) atoms.